The summed E-state index contributed by atoms with van der Waals surface area (Å²) in [6.45, 7) is 4.30. The van der Waals surface area contributed by atoms with Gasteiger partial charge in [-0.2, -0.15) is 0 Å². The van der Waals surface area contributed by atoms with Crippen LogP contribution in [0.25, 0.3) is 0 Å². The van der Waals surface area contributed by atoms with E-state index in [1.165, 1.54) is 5.56 Å². The lowest BCUT2D eigenvalue weighted by Gasteiger charge is -2.23. The summed E-state index contributed by atoms with van der Waals surface area (Å²) in [5.74, 6) is 0.639. The summed E-state index contributed by atoms with van der Waals surface area (Å²) in [7, 11) is 0. The van der Waals surface area contributed by atoms with Gasteiger partial charge in [0.2, 0.25) is 0 Å². The lowest BCUT2D eigenvalue weighted by molar-refractivity contribution is 0.126. The standard InChI is InChI=1S/C18H25NO2/c1-3-16(13-15-8-5-4-6-9-15)19-14(2)12-17(20)18-10-7-11-21-18/h4-11,14,16-17,19-20H,3,12-13H2,1-2H3. The van der Waals surface area contributed by atoms with Gasteiger partial charge in [0.15, 0.2) is 0 Å². The van der Waals surface area contributed by atoms with E-state index in [0.717, 1.165) is 12.8 Å². The number of rotatable bonds is 8. The van der Waals surface area contributed by atoms with Crippen LogP contribution in [0.3, 0.4) is 0 Å². The highest BCUT2D eigenvalue weighted by Gasteiger charge is 2.17. The van der Waals surface area contributed by atoms with E-state index in [-0.39, 0.29) is 6.04 Å². The SMILES string of the molecule is CCC(Cc1ccccc1)NC(C)CC(O)c1ccco1. The van der Waals surface area contributed by atoms with Crippen LogP contribution < -0.4 is 5.32 Å². The Morgan fingerprint density at radius 3 is 2.52 bits per heavy atom. The molecule has 1 heterocycles. The monoisotopic (exact) mass is 287 g/mol. The van der Waals surface area contributed by atoms with E-state index in [1.807, 2.05) is 12.1 Å². The van der Waals surface area contributed by atoms with E-state index in [9.17, 15) is 5.11 Å². The van der Waals surface area contributed by atoms with Gasteiger partial charge in [-0.15, -0.1) is 0 Å². The fourth-order valence-corrected chi connectivity index (χ4v) is 2.62. The summed E-state index contributed by atoms with van der Waals surface area (Å²) in [6.07, 6.45) is 3.78. The molecule has 3 atom stereocenters. The lowest BCUT2D eigenvalue weighted by atomic mass is 10.0. The summed E-state index contributed by atoms with van der Waals surface area (Å²) in [4.78, 5) is 0. The molecular weight excluding hydrogens is 262 g/mol. The molecule has 2 N–H and O–H groups in total. The molecule has 0 saturated heterocycles. The quantitative estimate of drug-likeness (QED) is 0.778. The Morgan fingerprint density at radius 1 is 1.14 bits per heavy atom. The smallest absolute Gasteiger partial charge is 0.132 e. The fourth-order valence-electron chi connectivity index (χ4n) is 2.62. The Kier molecular flexibility index (Phi) is 6.03. The van der Waals surface area contributed by atoms with Gasteiger partial charge in [-0.3, -0.25) is 0 Å². The van der Waals surface area contributed by atoms with Crippen LogP contribution in [-0.2, 0) is 6.42 Å². The number of hydrogen-bond acceptors (Lipinski definition) is 3. The average molecular weight is 287 g/mol. The average Bonchev–Trinajstić information content (AvgIpc) is 3.02. The highest BCUT2D eigenvalue weighted by Crippen LogP contribution is 2.19. The molecule has 2 aromatic rings. The first kappa shape index (κ1) is 15.8. The first-order chi connectivity index (χ1) is 10.2. The largest absolute Gasteiger partial charge is 0.467 e. The molecule has 114 valence electrons. The van der Waals surface area contributed by atoms with Crippen molar-refractivity contribution in [1.82, 2.24) is 5.32 Å². The van der Waals surface area contributed by atoms with E-state index in [1.54, 1.807) is 12.3 Å². The lowest BCUT2D eigenvalue weighted by Crippen LogP contribution is -2.38. The molecular formula is C18H25NO2. The minimum absolute atomic E-state index is 0.235. The predicted molar refractivity (Wildman–Crippen MR) is 85.1 cm³/mol. The van der Waals surface area contributed by atoms with Crippen LogP contribution in [0.1, 0.15) is 44.1 Å². The van der Waals surface area contributed by atoms with Crippen LogP contribution in [0.15, 0.2) is 53.1 Å². The van der Waals surface area contributed by atoms with Crippen LogP contribution in [0.2, 0.25) is 0 Å². The highest BCUT2D eigenvalue weighted by atomic mass is 16.4. The van der Waals surface area contributed by atoms with Crippen LogP contribution >= 0.6 is 0 Å². The van der Waals surface area contributed by atoms with Gasteiger partial charge < -0.3 is 14.8 Å². The van der Waals surface area contributed by atoms with Gasteiger partial charge in [0.25, 0.3) is 0 Å². The Labute approximate surface area is 127 Å². The molecule has 0 aliphatic heterocycles. The summed E-state index contributed by atoms with van der Waals surface area (Å²) >= 11 is 0. The van der Waals surface area contributed by atoms with Crippen molar-refractivity contribution < 1.29 is 9.52 Å². The van der Waals surface area contributed by atoms with Crippen LogP contribution in [-0.4, -0.2) is 17.2 Å². The minimum atomic E-state index is -0.545. The van der Waals surface area contributed by atoms with E-state index in [2.05, 4.69) is 43.4 Å². The van der Waals surface area contributed by atoms with Crippen molar-refractivity contribution in [1.29, 1.82) is 0 Å². The number of nitrogens with one attached hydrogen (secondary N) is 1. The van der Waals surface area contributed by atoms with Gasteiger partial charge in [0.05, 0.1) is 6.26 Å². The predicted octanol–water partition coefficient (Wildman–Crippen LogP) is 3.70. The zero-order valence-electron chi connectivity index (χ0n) is 12.8. The zero-order valence-corrected chi connectivity index (χ0v) is 12.8. The second-order valence-corrected chi connectivity index (χ2v) is 5.63. The van der Waals surface area contributed by atoms with Crippen molar-refractivity contribution in [2.24, 2.45) is 0 Å². The third-order valence-electron chi connectivity index (χ3n) is 3.79. The molecule has 0 spiro atoms. The summed E-state index contributed by atoms with van der Waals surface area (Å²) in [6, 6.07) is 14.8. The van der Waals surface area contributed by atoms with Gasteiger partial charge >= 0.3 is 0 Å². The number of benzene rings is 1. The van der Waals surface area contributed by atoms with Crippen molar-refractivity contribution >= 4 is 0 Å². The molecule has 0 aliphatic rings. The van der Waals surface area contributed by atoms with E-state index in [4.69, 9.17) is 4.42 Å². The normalized spacial score (nSPS) is 15.6. The number of furan rings is 1. The zero-order chi connectivity index (χ0) is 15.1. The first-order valence-electron chi connectivity index (χ1n) is 7.70. The van der Waals surface area contributed by atoms with Crippen molar-refractivity contribution in [3.63, 3.8) is 0 Å². The van der Waals surface area contributed by atoms with Gasteiger partial charge in [-0.05, 0) is 43.9 Å². The molecule has 2 rings (SSSR count). The van der Waals surface area contributed by atoms with Gasteiger partial charge in [-0.1, -0.05) is 37.3 Å². The van der Waals surface area contributed by atoms with Crippen molar-refractivity contribution in [3.05, 3.63) is 60.1 Å². The molecule has 0 bridgehead atoms. The van der Waals surface area contributed by atoms with Crippen molar-refractivity contribution in [2.75, 3.05) is 0 Å². The Balaban J connectivity index is 1.83. The molecule has 1 aromatic carbocycles. The second kappa shape index (κ2) is 8.01. The fraction of sp³-hybridized carbons (Fsp3) is 0.444. The number of aliphatic hydroxyl groups excluding tert-OH is 1. The molecule has 1 aromatic heterocycles. The van der Waals surface area contributed by atoms with Gasteiger partial charge in [0.1, 0.15) is 11.9 Å². The summed E-state index contributed by atoms with van der Waals surface area (Å²) in [5.41, 5.74) is 1.34. The van der Waals surface area contributed by atoms with Crippen LogP contribution in [0, 0.1) is 0 Å². The summed E-state index contributed by atoms with van der Waals surface area (Å²) < 4.78 is 5.25. The summed E-state index contributed by atoms with van der Waals surface area (Å²) in [5, 5.41) is 13.7. The molecule has 21 heavy (non-hydrogen) atoms. The van der Waals surface area contributed by atoms with Crippen molar-refractivity contribution in [2.45, 2.75) is 51.3 Å². The van der Waals surface area contributed by atoms with Crippen LogP contribution in [0.5, 0.6) is 0 Å². The minimum Gasteiger partial charge on any atom is -0.467 e. The molecule has 3 heteroatoms. The molecule has 0 fully saturated rings. The Bertz CT molecular complexity index is 495. The molecule has 3 nitrogen and oxygen atoms in total. The topological polar surface area (TPSA) is 45.4 Å². The van der Waals surface area contributed by atoms with E-state index < -0.39 is 6.10 Å². The Morgan fingerprint density at radius 2 is 1.90 bits per heavy atom. The number of hydrogen-bond donors (Lipinski definition) is 2. The number of aliphatic hydroxyl groups is 1. The third kappa shape index (κ3) is 5.03. The van der Waals surface area contributed by atoms with Gasteiger partial charge in [-0.25, -0.2) is 0 Å². The van der Waals surface area contributed by atoms with Crippen LogP contribution in [0.4, 0.5) is 0 Å². The maximum atomic E-state index is 10.1. The van der Waals surface area contributed by atoms with Gasteiger partial charge in [0, 0.05) is 12.1 Å². The van der Waals surface area contributed by atoms with Crippen molar-refractivity contribution in [3.8, 4) is 0 Å². The molecule has 0 radical (unpaired) electrons. The van der Waals surface area contributed by atoms with E-state index >= 15 is 0 Å². The third-order valence-corrected chi connectivity index (χ3v) is 3.79. The molecule has 0 amide bonds. The highest BCUT2D eigenvalue weighted by molar-refractivity contribution is 5.15. The second-order valence-electron chi connectivity index (χ2n) is 5.63. The Hall–Kier alpha value is -1.58. The first-order valence-corrected chi connectivity index (χ1v) is 7.70. The maximum absolute atomic E-state index is 10.1. The molecule has 0 aliphatic carbocycles. The molecule has 3 unspecified atom stereocenters. The maximum Gasteiger partial charge on any atom is 0.132 e. The molecule has 0 saturated carbocycles. The van der Waals surface area contributed by atoms with E-state index in [0.29, 0.717) is 18.2 Å².